The first-order valence-electron chi connectivity index (χ1n) is 6.70. The maximum atomic E-state index is 6.32. The third kappa shape index (κ3) is 2.99. The Kier molecular flexibility index (Phi) is 4.61. The molecule has 0 radical (unpaired) electrons. The molecule has 0 bridgehead atoms. The van der Waals surface area contributed by atoms with E-state index in [1.54, 1.807) is 0 Å². The van der Waals surface area contributed by atoms with Gasteiger partial charge in [0.05, 0.1) is 6.04 Å². The quantitative estimate of drug-likeness (QED) is 0.910. The molecule has 0 fully saturated rings. The second-order valence-corrected chi connectivity index (χ2v) is 5.11. The summed E-state index contributed by atoms with van der Waals surface area (Å²) in [6.45, 7) is 4.20. The number of hydrogen-bond donors (Lipinski definition) is 1. The van der Waals surface area contributed by atoms with Gasteiger partial charge in [0.2, 0.25) is 0 Å². The van der Waals surface area contributed by atoms with Crippen LogP contribution < -0.4 is 5.73 Å². The number of benzene rings is 1. The lowest BCUT2D eigenvalue weighted by Crippen LogP contribution is -2.33. The van der Waals surface area contributed by atoms with Crippen molar-refractivity contribution in [3.05, 3.63) is 53.1 Å². The summed E-state index contributed by atoms with van der Waals surface area (Å²) in [5, 5.41) is 0.740. The summed E-state index contributed by atoms with van der Waals surface area (Å²) in [7, 11) is 0. The first-order valence-corrected chi connectivity index (χ1v) is 7.07. The number of aryl methyl sites for hydroxylation is 1. The van der Waals surface area contributed by atoms with Gasteiger partial charge in [-0.15, -0.1) is 0 Å². The summed E-state index contributed by atoms with van der Waals surface area (Å²) < 4.78 is 2.17. The molecule has 1 aromatic heterocycles. The lowest BCUT2D eigenvalue weighted by molar-refractivity contribution is 0.447. The highest BCUT2D eigenvalue weighted by Gasteiger charge is 2.22. The van der Waals surface area contributed by atoms with Gasteiger partial charge in [-0.3, -0.25) is 0 Å². The van der Waals surface area contributed by atoms with E-state index in [4.69, 9.17) is 17.3 Å². The Morgan fingerprint density at radius 3 is 2.79 bits per heavy atom. The van der Waals surface area contributed by atoms with Crippen LogP contribution in [-0.4, -0.2) is 15.6 Å². The van der Waals surface area contributed by atoms with Crippen LogP contribution >= 0.6 is 11.6 Å². The molecule has 102 valence electrons. The molecular formula is C15H20ClN3. The predicted octanol–water partition coefficient (Wildman–Crippen LogP) is 3.43. The summed E-state index contributed by atoms with van der Waals surface area (Å²) in [6.07, 6.45) is 5.62. The Bertz CT molecular complexity index is 536. The predicted molar refractivity (Wildman–Crippen MR) is 79.5 cm³/mol. The fourth-order valence-electron chi connectivity index (χ4n) is 2.40. The van der Waals surface area contributed by atoms with Gasteiger partial charge in [-0.1, -0.05) is 37.6 Å². The molecule has 2 aromatic rings. The largest absolute Gasteiger partial charge is 0.326 e. The van der Waals surface area contributed by atoms with E-state index in [1.165, 1.54) is 0 Å². The maximum Gasteiger partial charge on any atom is 0.108 e. The molecule has 4 heteroatoms. The van der Waals surface area contributed by atoms with Crippen molar-refractivity contribution in [3.8, 4) is 0 Å². The van der Waals surface area contributed by atoms with E-state index in [-0.39, 0.29) is 12.1 Å². The molecule has 2 unspecified atom stereocenters. The fraction of sp³-hybridized carbons (Fsp3) is 0.400. The van der Waals surface area contributed by atoms with Crippen LogP contribution in [0.15, 0.2) is 36.7 Å². The van der Waals surface area contributed by atoms with E-state index in [0.717, 1.165) is 29.3 Å². The van der Waals surface area contributed by atoms with E-state index in [1.807, 2.05) is 30.6 Å². The second-order valence-electron chi connectivity index (χ2n) is 4.68. The molecule has 0 saturated heterocycles. The number of nitrogens with two attached hydrogens (primary N) is 1. The maximum absolute atomic E-state index is 6.32. The first-order chi connectivity index (χ1) is 9.17. The molecule has 0 amide bonds. The molecular weight excluding hydrogens is 258 g/mol. The molecule has 2 atom stereocenters. The molecule has 1 heterocycles. The van der Waals surface area contributed by atoms with Crippen LogP contribution in [0.3, 0.4) is 0 Å². The van der Waals surface area contributed by atoms with Crippen molar-refractivity contribution >= 4 is 11.6 Å². The van der Waals surface area contributed by atoms with Crippen LogP contribution in [0.5, 0.6) is 0 Å². The number of imidazole rings is 1. The highest BCUT2D eigenvalue weighted by Crippen LogP contribution is 2.26. The highest BCUT2D eigenvalue weighted by molar-refractivity contribution is 6.30. The van der Waals surface area contributed by atoms with E-state index in [9.17, 15) is 0 Å². The summed E-state index contributed by atoms with van der Waals surface area (Å²) in [5.74, 6) is 1.05. The van der Waals surface area contributed by atoms with Crippen LogP contribution in [0, 0.1) is 0 Å². The smallest absolute Gasteiger partial charge is 0.108 e. The summed E-state index contributed by atoms with van der Waals surface area (Å²) in [5.41, 5.74) is 7.46. The van der Waals surface area contributed by atoms with Crippen LogP contribution in [0.2, 0.25) is 5.02 Å². The highest BCUT2D eigenvalue weighted by atomic mass is 35.5. The van der Waals surface area contributed by atoms with E-state index >= 15 is 0 Å². The zero-order valence-electron chi connectivity index (χ0n) is 11.4. The third-order valence-corrected chi connectivity index (χ3v) is 3.67. The van der Waals surface area contributed by atoms with Crippen LogP contribution in [0.1, 0.15) is 37.7 Å². The van der Waals surface area contributed by atoms with Gasteiger partial charge in [-0.2, -0.15) is 0 Å². The lowest BCUT2D eigenvalue weighted by Gasteiger charge is -2.26. The minimum Gasteiger partial charge on any atom is -0.326 e. The summed E-state index contributed by atoms with van der Waals surface area (Å²) in [4.78, 5) is 4.39. The van der Waals surface area contributed by atoms with Crippen molar-refractivity contribution in [3.63, 3.8) is 0 Å². The molecule has 0 aliphatic carbocycles. The fourth-order valence-corrected chi connectivity index (χ4v) is 2.60. The van der Waals surface area contributed by atoms with Crippen molar-refractivity contribution < 1.29 is 0 Å². The van der Waals surface area contributed by atoms with Gasteiger partial charge in [0.25, 0.3) is 0 Å². The first kappa shape index (κ1) is 14.1. The van der Waals surface area contributed by atoms with Crippen LogP contribution in [-0.2, 0) is 6.42 Å². The molecule has 0 aliphatic rings. The topological polar surface area (TPSA) is 43.8 Å². The molecule has 0 saturated carbocycles. The Morgan fingerprint density at radius 2 is 2.16 bits per heavy atom. The van der Waals surface area contributed by atoms with Gasteiger partial charge in [-0.05, 0) is 24.1 Å². The SMILES string of the molecule is CCc1nccn1C(c1cccc(Cl)c1)C(N)CC. The molecule has 2 N–H and O–H groups in total. The van der Waals surface area contributed by atoms with Gasteiger partial charge < -0.3 is 10.3 Å². The monoisotopic (exact) mass is 277 g/mol. The average molecular weight is 278 g/mol. The second kappa shape index (κ2) is 6.22. The molecule has 2 rings (SSSR count). The number of aromatic nitrogens is 2. The van der Waals surface area contributed by atoms with Crippen molar-refractivity contribution in [2.45, 2.75) is 38.8 Å². The Morgan fingerprint density at radius 1 is 1.37 bits per heavy atom. The molecule has 0 aliphatic heterocycles. The number of hydrogen-bond acceptors (Lipinski definition) is 2. The van der Waals surface area contributed by atoms with Gasteiger partial charge in [-0.25, -0.2) is 4.98 Å². The van der Waals surface area contributed by atoms with Gasteiger partial charge in [0.15, 0.2) is 0 Å². The summed E-state index contributed by atoms with van der Waals surface area (Å²) >= 11 is 6.11. The van der Waals surface area contributed by atoms with Crippen LogP contribution in [0.25, 0.3) is 0 Å². The lowest BCUT2D eigenvalue weighted by atomic mass is 9.97. The van der Waals surface area contributed by atoms with Gasteiger partial charge >= 0.3 is 0 Å². The third-order valence-electron chi connectivity index (χ3n) is 3.43. The number of halogens is 1. The summed E-state index contributed by atoms with van der Waals surface area (Å²) in [6, 6.07) is 8.04. The number of nitrogens with zero attached hydrogens (tertiary/aromatic N) is 2. The normalized spacial score (nSPS) is 14.3. The Hall–Kier alpha value is -1.32. The zero-order valence-corrected chi connectivity index (χ0v) is 12.1. The van der Waals surface area contributed by atoms with Crippen LogP contribution in [0.4, 0.5) is 0 Å². The van der Waals surface area contributed by atoms with E-state index in [2.05, 4.69) is 29.5 Å². The minimum absolute atomic E-state index is 0.0398. The standard InChI is InChI=1S/C15H20ClN3/c1-3-13(17)15(11-6-5-7-12(16)10-11)19-9-8-18-14(19)4-2/h5-10,13,15H,3-4,17H2,1-2H3. The Labute approximate surface area is 119 Å². The van der Waals surface area contributed by atoms with Crippen molar-refractivity contribution in [1.82, 2.24) is 9.55 Å². The zero-order chi connectivity index (χ0) is 13.8. The molecule has 0 spiro atoms. The van der Waals surface area contributed by atoms with Crippen molar-refractivity contribution in [2.24, 2.45) is 5.73 Å². The Balaban J connectivity index is 2.47. The minimum atomic E-state index is 0.0398. The number of rotatable bonds is 5. The van der Waals surface area contributed by atoms with E-state index in [0.29, 0.717) is 0 Å². The van der Waals surface area contributed by atoms with Crippen molar-refractivity contribution in [1.29, 1.82) is 0 Å². The van der Waals surface area contributed by atoms with Gasteiger partial charge in [0, 0.05) is 29.9 Å². The van der Waals surface area contributed by atoms with Crippen molar-refractivity contribution in [2.75, 3.05) is 0 Å². The molecule has 1 aromatic carbocycles. The average Bonchev–Trinajstić information content (AvgIpc) is 2.87. The van der Waals surface area contributed by atoms with Gasteiger partial charge in [0.1, 0.15) is 5.82 Å². The molecule has 3 nitrogen and oxygen atoms in total. The van der Waals surface area contributed by atoms with E-state index < -0.39 is 0 Å². The molecule has 19 heavy (non-hydrogen) atoms.